The molecule has 5 heteroatoms. The van der Waals surface area contributed by atoms with E-state index in [9.17, 15) is 4.79 Å². The molecule has 0 saturated heterocycles. The van der Waals surface area contributed by atoms with Crippen LogP contribution in [0.1, 0.15) is 39.5 Å². The molecule has 0 heterocycles. The summed E-state index contributed by atoms with van der Waals surface area (Å²) >= 11 is 5.23. The Hall–Kier alpha value is -0.680. The number of likely N-dealkylation sites (N-methyl/N-ethyl adjacent to an activating group) is 1. The van der Waals surface area contributed by atoms with E-state index in [0.717, 1.165) is 45.3 Å². The predicted molar refractivity (Wildman–Crippen MR) is 87.7 cm³/mol. The normalized spacial score (nSPS) is 17.7. The zero-order valence-corrected chi connectivity index (χ0v) is 14.1. The lowest BCUT2D eigenvalue weighted by Gasteiger charge is -2.35. The van der Waals surface area contributed by atoms with Gasteiger partial charge in [-0.2, -0.15) is 0 Å². The molecular formula is C15H29N3OS. The van der Waals surface area contributed by atoms with E-state index < -0.39 is 5.41 Å². The van der Waals surface area contributed by atoms with Crippen molar-refractivity contribution in [2.45, 2.75) is 39.5 Å². The molecule has 4 nitrogen and oxygen atoms in total. The SMILES string of the molecule is CC(C)CN(CCN(C)C)C(=O)C1(C(N)=S)CCCC1. The number of hydrogen-bond donors (Lipinski definition) is 1. The Kier molecular flexibility index (Phi) is 6.40. The molecule has 1 fully saturated rings. The number of carbonyl (C=O) groups excluding carboxylic acids is 1. The molecule has 0 bridgehead atoms. The minimum atomic E-state index is -0.573. The molecule has 0 aromatic carbocycles. The molecule has 0 aromatic heterocycles. The Morgan fingerprint density at radius 1 is 1.25 bits per heavy atom. The molecule has 1 aliphatic rings. The van der Waals surface area contributed by atoms with Gasteiger partial charge in [-0.15, -0.1) is 0 Å². The van der Waals surface area contributed by atoms with Gasteiger partial charge in [-0.25, -0.2) is 0 Å². The third-order valence-corrected chi connectivity index (χ3v) is 4.42. The number of nitrogens with zero attached hydrogens (tertiary/aromatic N) is 2. The van der Waals surface area contributed by atoms with Crippen molar-refractivity contribution >= 4 is 23.1 Å². The molecule has 20 heavy (non-hydrogen) atoms. The van der Waals surface area contributed by atoms with Gasteiger partial charge in [0.05, 0.1) is 10.4 Å². The van der Waals surface area contributed by atoms with Crippen molar-refractivity contribution in [1.82, 2.24) is 9.80 Å². The summed E-state index contributed by atoms with van der Waals surface area (Å²) in [6, 6.07) is 0. The predicted octanol–water partition coefficient (Wildman–Crippen LogP) is 1.88. The van der Waals surface area contributed by atoms with E-state index in [1.54, 1.807) is 0 Å². The average molecular weight is 299 g/mol. The molecule has 1 amide bonds. The number of nitrogens with two attached hydrogens (primary N) is 1. The van der Waals surface area contributed by atoms with Crippen LogP contribution in [0.3, 0.4) is 0 Å². The first-order chi connectivity index (χ1) is 9.29. The summed E-state index contributed by atoms with van der Waals surface area (Å²) in [6.45, 7) is 6.66. The van der Waals surface area contributed by atoms with E-state index in [0.29, 0.717) is 10.9 Å². The molecular weight excluding hydrogens is 270 g/mol. The van der Waals surface area contributed by atoms with Crippen molar-refractivity contribution < 1.29 is 4.79 Å². The van der Waals surface area contributed by atoms with E-state index in [1.165, 1.54) is 0 Å². The van der Waals surface area contributed by atoms with Gasteiger partial charge in [-0.05, 0) is 32.9 Å². The number of carbonyl (C=O) groups is 1. The average Bonchev–Trinajstić information content (AvgIpc) is 2.83. The topological polar surface area (TPSA) is 49.6 Å². The van der Waals surface area contributed by atoms with E-state index in [2.05, 4.69) is 18.7 Å². The first-order valence-corrected chi connectivity index (χ1v) is 7.94. The summed E-state index contributed by atoms with van der Waals surface area (Å²) in [5.41, 5.74) is 5.36. The van der Waals surface area contributed by atoms with Crippen LogP contribution >= 0.6 is 12.2 Å². The van der Waals surface area contributed by atoms with Crippen LogP contribution in [-0.4, -0.2) is 54.4 Å². The minimum Gasteiger partial charge on any atom is -0.392 e. The van der Waals surface area contributed by atoms with Crippen LogP contribution in [0.25, 0.3) is 0 Å². The first-order valence-electron chi connectivity index (χ1n) is 7.53. The zero-order valence-electron chi connectivity index (χ0n) is 13.3. The lowest BCUT2D eigenvalue weighted by Crippen LogP contribution is -2.51. The Labute approximate surface area is 128 Å². The minimum absolute atomic E-state index is 0.151. The Morgan fingerprint density at radius 3 is 2.20 bits per heavy atom. The van der Waals surface area contributed by atoms with E-state index >= 15 is 0 Å². The molecule has 0 radical (unpaired) electrons. The molecule has 1 saturated carbocycles. The second-order valence-electron chi connectivity index (χ2n) is 6.60. The highest BCUT2D eigenvalue weighted by Gasteiger charge is 2.46. The van der Waals surface area contributed by atoms with Gasteiger partial charge in [-0.3, -0.25) is 4.79 Å². The van der Waals surface area contributed by atoms with Crippen LogP contribution in [0.15, 0.2) is 0 Å². The van der Waals surface area contributed by atoms with Crippen LogP contribution < -0.4 is 5.73 Å². The zero-order chi connectivity index (χ0) is 15.3. The summed E-state index contributed by atoms with van der Waals surface area (Å²) in [5.74, 6) is 0.601. The maximum atomic E-state index is 13.0. The fourth-order valence-corrected chi connectivity index (χ4v) is 3.18. The van der Waals surface area contributed by atoms with Crippen LogP contribution in [0.5, 0.6) is 0 Å². The highest BCUT2D eigenvalue weighted by atomic mass is 32.1. The summed E-state index contributed by atoms with van der Waals surface area (Å²) in [7, 11) is 4.05. The Balaban J connectivity index is 2.87. The fraction of sp³-hybridized carbons (Fsp3) is 0.867. The summed E-state index contributed by atoms with van der Waals surface area (Å²) in [6.07, 6.45) is 3.73. The fourth-order valence-electron chi connectivity index (χ4n) is 2.88. The molecule has 0 atom stereocenters. The molecule has 0 aromatic rings. The maximum Gasteiger partial charge on any atom is 0.235 e. The van der Waals surface area contributed by atoms with Gasteiger partial charge in [0.1, 0.15) is 0 Å². The van der Waals surface area contributed by atoms with Gasteiger partial charge in [0.2, 0.25) is 5.91 Å². The maximum absolute atomic E-state index is 13.0. The van der Waals surface area contributed by atoms with Gasteiger partial charge in [0.15, 0.2) is 0 Å². The van der Waals surface area contributed by atoms with Gasteiger partial charge in [0, 0.05) is 19.6 Å². The van der Waals surface area contributed by atoms with Crippen molar-refractivity contribution in [3.05, 3.63) is 0 Å². The second-order valence-corrected chi connectivity index (χ2v) is 7.04. The van der Waals surface area contributed by atoms with Gasteiger partial charge in [0.25, 0.3) is 0 Å². The van der Waals surface area contributed by atoms with E-state index in [-0.39, 0.29) is 5.91 Å². The Bertz CT molecular complexity index is 349. The van der Waals surface area contributed by atoms with Crippen molar-refractivity contribution in [3.63, 3.8) is 0 Å². The number of amides is 1. The van der Waals surface area contributed by atoms with Crippen molar-refractivity contribution in [1.29, 1.82) is 0 Å². The summed E-state index contributed by atoms with van der Waals surface area (Å²) < 4.78 is 0. The van der Waals surface area contributed by atoms with Gasteiger partial charge < -0.3 is 15.5 Å². The molecule has 0 unspecified atom stereocenters. The smallest absolute Gasteiger partial charge is 0.235 e. The number of thiocarbonyl (C=S) groups is 1. The first kappa shape index (κ1) is 17.4. The largest absolute Gasteiger partial charge is 0.392 e. The van der Waals surface area contributed by atoms with Gasteiger partial charge in [-0.1, -0.05) is 38.9 Å². The molecule has 2 N–H and O–H groups in total. The lowest BCUT2D eigenvalue weighted by atomic mass is 9.84. The molecule has 1 rings (SSSR count). The standard InChI is InChI=1S/C15H29N3OS/c1-12(2)11-18(10-9-17(3)4)14(19)15(13(16)20)7-5-6-8-15/h12H,5-11H2,1-4H3,(H2,16,20). The number of rotatable bonds is 7. The second kappa shape index (κ2) is 7.36. The van der Waals surface area contributed by atoms with Crippen molar-refractivity contribution in [2.75, 3.05) is 33.7 Å². The van der Waals surface area contributed by atoms with Gasteiger partial charge >= 0.3 is 0 Å². The lowest BCUT2D eigenvalue weighted by molar-refractivity contribution is -0.138. The van der Waals surface area contributed by atoms with Crippen LogP contribution in [0, 0.1) is 11.3 Å². The van der Waals surface area contributed by atoms with E-state index in [4.69, 9.17) is 18.0 Å². The quantitative estimate of drug-likeness (QED) is 0.729. The molecule has 1 aliphatic carbocycles. The molecule has 0 aliphatic heterocycles. The Morgan fingerprint density at radius 2 is 1.80 bits per heavy atom. The van der Waals surface area contributed by atoms with Crippen molar-refractivity contribution in [3.8, 4) is 0 Å². The summed E-state index contributed by atoms with van der Waals surface area (Å²) in [5, 5.41) is 0. The monoisotopic (exact) mass is 299 g/mol. The van der Waals surface area contributed by atoms with Crippen LogP contribution in [0.2, 0.25) is 0 Å². The third kappa shape index (κ3) is 4.16. The number of hydrogen-bond acceptors (Lipinski definition) is 3. The molecule has 0 spiro atoms. The van der Waals surface area contributed by atoms with Crippen LogP contribution in [-0.2, 0) is 4.79 Å². The highest BCUT2D eigenvalue weighted by molar-refractivity contribution is 7.80. The van der Waals surface area contributed by atoms with Crippen LogP contribution in [0.4, 0.5) is 0 Å². The van der Waals surface area contributed by atoms with E-state index in [1.807, 2.05) is 19.0 Å². The summed E-state index contributed by atoms with van der Waals surface area (Å²) in [4.78, 5) is 17.5. The molecule has 116 valence electrons. The van der Waals surface area contributed by atoms with Crippen molar-refractivity contribution in [2.24, 2.45) is 17.1 Å². The highest BCUT2D eigenvalue weighted by Crippen LogP contribution is 2.40. The third-order valence-electron chi connectivity index (χ3n) is 4.03.